The molecule has 24 heavy (non-hydrogen) atoms. The van der Waals surface area contributed by atoms with Gasteiger partial charge >= 0.3 is 0 Å². The lowest BCUT2D eigenvalue weighted by Crippen LogP contribution is -2.45. The Hall–Kier alpha value is -0.170. The second-order valence-electron chi connectivity index (χ2n) is 6.84. The molecule has 0 rings (SSSR count). The van der Waals surface area contributed by atoms with E-state index >= 15 is 0 Å². The highest BCUT2D eigenvalue weighted by Crippen LogP contribution is 2.12. The summed E-state index contributed by atoms with van der Waals surface area (Å²) in [5, 5.41) is 0. The fraction of sp³-hybridized carbons (Fsp3) is 1.00. The minimum absolute atomic E-state index is 0.808. The van der Waals surface area contributed by atoms with Crippen LogP contribution in [0.3, 0.4) is 0 Å². The van der Waals surface area contributed by atoms with Crippen molar-refractivity contribution in [2.75, 3.05) is 33.8 Å². The van der Waals surface area contributed by atoms with E-state index in [2.05, 4.69) is 32.0 Å². The molecule has 0 saturated carbocycles. The Balaban J connectivity index is 0. The Labute approximate surface area is 151 Å². The van der Waals surface area contributed by atoms with E-state index in [-0.39, 0.29) is 0 Å². The molecule has 6 heteroatoms. The Morgan fingerprint density at radius 2 is 1.12 bits per heavy atom. The van der Waals surface area contributed by atoms with Crippen LogP contribution in [0.4, 0.5) is 0 Å². The first kappa shape index (κ1) is 26.1. The Kier molecular flexibility index (Phi) is 17.7. The van der Waals surface area contributed by atoms with Crippen molar-refractivity contribution in [3.05, 3.63) is 0 Å². The minimum Gasteiger partial charge on any atom is -0.726 e. The number of nitrogens with zero attached hydrogens (tertiary/aromatic N) is 1. The molecule has 0 bridgehead atoms. The average molecular weight is 368 g/mol. The van der Waals surface area contributed by atoms with Gasteiger partial charge in [0, 0.05) is 0 Å². The first-order valence-electron chi connectivity index (χ1n) is 9.59. The van der Waals surface area contributed by atoms with Crippen LogP contribution in [0, 0.1) is 0 Å². The maximum atomic E-state index is 9.22. The second kappa shape index (κ2) is 16.3. The third-order valence-electron chi connectivity index (χ3n) is 4.28. The number of hydrogen-bond acceptors (Lipinski definition) is 4. The molecule has 0 unspecified atom stereocenters. The second-order valence-corrected chi connectivity index (χ2v) is 7.99. The summed E-state index contributed by atoms with van der Waals surface area (Å²) in [4.78, 5) is 0. The van der Waals surface area contributed by atoms with Gasteiger partial charge in [0.1, 0.15) is 0 Å². The highest BCUT2D eigenvalue weighted by Gasteiger charge is 2.18. The lowest BCUT2D eigenvalue weighted by Gasteiger charge is -2.34. The third kappa shape index (κ3) is 19.9. The van der Waals surface area contributed by atoms with Crippen molar-refractivity contribution in [3.63, 3.8) is 0 Å². The average Bonchev–Trinajstić information content (AvgIpc) is 2.50. The van der Waals surface area contributed by atoms with Crippen LogP contribution in [-0.2, 0) is 14.6 Å². The Morgan fingerprint density at radius 3 is 1.46 bits per heavy atom. The van der Waals surface area contributed by atoms with Gasteiger partial charge in [0.2, 0.25) is 10.4 Å². The largest absolute Gasteiger partial charge is 0.726 e. The summed E-state index contributed by atoms with van der Waals surface area (Å²) in [6.07, 6.45) is 14.2. The van der Waals surface area contributed by atoms with Gasteiger partial charge in [-0.15, -0.1) is 0 Å². The van der Waals surface area contributed by atoms with Gasteiger partial charge in [-0.25, -0.2) is 8.42 Å². The van der Waals surface area contributed by atoms with E-state index < -0.39 is 10.4 Å². The molecule has 0 N–H and O–H groups in total. The van der Waals surface area contributed by atoms with Crippen LogP contribution in [-0.4, -0.2) is 51.2 Å². The van der Waals surface area contributed by atoms with Crippen molar-refractivity contribution in [2.24, 2.45) is 0 Å². The molecule has 0 atom stereocenters. The van der Waals surface area contributed by atoms with Crippen molar-refractivity contribution in [1.82, 2.24) is 0 Å². The molecule has 0 fully saturated rings. The molecule has 148 valence electrons. The highest BCUT2D eigenvalue weighted by atomic mass is 32.3. The smallest absolute Gasteiger partial charge is 0.217 e. The fourth-order valence-electron chi connectivity index (χ4n) is 3.04. The van der Waals surface area contributed by atoms with Crippen LogP contribution in [0.5, 0.6) is 0 Å². The summed E-state index contributed by atoms with van der Waals surface area (Å²) in [7, 11) is -1.15. The molecule has 0 saturated heterocycles. The molecule has 0 aromatic heterocycles. The van der Waals surface area contributed by atoms with E-state index in [4.69, 9.17) is 0 Å². The van der Waals surface area contributed by atoms with Gasteiger partial charge in [0.25, 0.3) is 0 Å². The summed E-state index contributed by atoms with van der Waals surface area (Å²) < 4.78 is 32.3. The predicted molar refractivity (Wildman–Crippen MR) is 101 cm³/mol. The lowest BCUT2D eigenvalue weighted by molar-refractivity contribution is -0.909. The molecule has 0 aliphatic carbocycles. The van der Waals surface area contributed by atoms with E-state index in [0.29, 0.717) is 0 Å². The van der Waals surface area contributed by atoms with Gasteiger partial charge in [-0.2, -0.15) is 0 Å². The molecule has 0 amide bonds. The molecule has 0 heterocycles. The van der Waals surface area contributed by atoms with E-state index in [0.717, 1.165) is 7.11 Å². The predicted octanol–water partition coefficient (Wildman–Crippen LogP) is 4.49. The summed E-state index contributed by atoms with van der Waals surface area (Å²) in [6, 6.07) is 0. The molecule has 0 aromatic carbocycles. The molecule has 0 aliphatic rings. The van der Waals surface area contributed by atoms with Crippen molar-refractivity contribution in [1.29, 1.82) is 0 Å². The lowest BCUT2D eigenvalue weighted by atomic mass is 10.1. The molecule has 5 nitrogen and oxygen atoms in total. The van der Waals surface area contributed by atoms with Crippen LogP contribution in [0.25, 0.3) is 0 Å². The number of hydrogen-bond donors (Lipinski definition) is 0. The first-order chi connectivity index (χ1) is 11.2. The molecule has 0 spiro atoms. The van der Waals surface area contributed by atoms with Gasteiger partial charge in [0.05, 0.1) is 33.8 Å². The zero-order valence-corrected chi connectivity index (χ0v) is 17.5. The van der Waals surface area contributed by atoms with E-state index in [1.54, 1.807) is 0 Å². The fourth-order valence-corrected chi connectivity index (χ4v) is 3.04. The van der Waals surface area contributed by atoms with Gasteiger partial charge < -0.3 is 9.04 Å². The molecular formula is C18H41NO4S. The number of quaternary nitrogens is 1. The van der Waals surface area contributed by atoms with Crippen molar-refractivity contribution in [3.8, 4) is 0 Å². The first-order valence-corrected chi connectivity index (χ1v) is 10.9. The SMILES string of the molecule is CCCCCCCCCC[N+](C)(CCC)CCC.COS(=O)(=O)[O-]. The summed E-state index contributed by atoms with van der Waals surface area (Å²) in [6.45, 7) is 11.1. The summed E-state index contributed by atoms with van der Waals surface area (Å²) >= 11 is 0. The Bertz CT molecular complexity index is 352. The Morgan fingerprint density at radius 1 is 0.750 bits per heavy atom. The number of rotatable bonds is 14. The standard InChI is InChI=1S/C17H38N.CH4O4S/c1-5-8-9-10-11-12-13-14-17-18(4,15-6-2)16-7-3;1-5-6(2,3)4/h5-17H2,1-4H3;1H3,(H,2,3,4)/q+1;/p-1. The van der Waals surface area contributed by atoms with Crippen molar-refractivity contribution < 1.29 is 21.6 Å². The van der Waals surface area contributed by atoms with Crippen molar-refractivity contribution in [2.45, 2.75) is 85.0 Å². The highest BCUT2D eigenvalue weighted by molar-refractivity contribution is 7.80. The zero-order valence-electron chi connectivity index (χ0n) is 16.7. The van der Waals surface area contributed by atoms with Crippen LogP contribution in [0.2, 0.25) is 0 Å². The van der Waals surface area contributed by atoms with E-state index in [1.165, 1.54) is 88.3 Å². The van der Waals surface area contributed by atoms with Gasteiger partial charge in [-0.3, -0.25) is 4.18 Å². The van der Waals surface area contributed by atoms with E-state index in [1.807, 2.05) is 0 Å². The minimum atomic E-state index is -4.41. The third-order valence-corrected chi connectivity index (χ3v) is 4.69. The molecule has 0 aliphatic heterocycles. The summed E-state index contributed by atoms with van der Waals surface area (Å²) in [5.41, 5.74) is 0. The maximum Gasteiger partial charge on any atom is 0.217 e. The van der Waals surface area contributed by atoms with Crippen LogP contribution in [0.1, 0.15) is 85.0 Å². The van der Waals surface area contributed by atoms with Gasteiger partial charge in [-0.05, 0) is 25.7 Å². The van der Waals surface area contributed by atoms with Gasteiger partial charge in [0.15, 0.2) is 0 Å². The normalized spacial score (nSPS) is 11.9. The maximum absolute atomic E-state index is 9.22. The molecule has 0 aromatic rings. The van der Waals surface area contributed by atoms with E-state index in [9.17, 15) is 13.0 Å². The number of unbranched alkanes of at least 4 members (excludes halogenated alkanes) is 7. The monoisotopic (exact) mass is 367 g/mol. The topological polar surface area (TPSA) is 66.4 Å². The van der Waals surface area contributed by atoms with Crippen molar-refractivity contribution >= 4 is 10.4 Å². The quantitative estimate of drug-likeness (QED) is 0.196. The van der Waals surface area contributed by atoms with Gasteiger partial charge in [-0.1, -0.05) is 59.3 Å². The van der Waals surface area contributed by atoms with Crippen LogP contribution >= 0.6 is 0 Å². The summed E-state index contributed by atoms with van der Waals surface area (Å²) in [5.74, 6) is 0. The van der Waals surface area contributed by atoms with Crippen LogP contribution in [0.15, 0.2) is 0 Å². The molecular weight excluding hydrogens is 326 g/mol. The zero-order chi connectivity index (χ0) is 18.9. The van der Waals surface area contributed by atoms with Crippen LogP contribution < -0.4 is 0 Å². The molecule has 0 radical (unpaired) electrons.